The number of carboxylic acids is 1. The summed E-state index contributed by atoms with van der Waals surface area (Å²) >= 11 is 0. The number of aliphatic carboxylic acids is 1. The molecule has 0 saturated heterocycles. The molecule has 0 aromatic rings. The van der Waals surface area contributed by atoms with Crippen LogP contribution in [0, 0.1) is 0 Å². The zero-order valence-electron chi connectivity index (χ0n) is 17.9. The Balaban J connectivity index is 1.80. The Kier molecular flexibility index (Phi) is 17.2. The Morgan fingerprint density at radius 2 is 1.50 bits per heavy atom. The number of carboxylic acid groups (broad SMARTS) is 1. The molecule has 1 amide bonds. The summed E-state index contributed by atoms with van der Waals surface area (Å²) in [6.07, 6.45) is 9.90. The molecular weight excluding hydrogens is 394 g/mol. The topological polar surface area (TPSA) is 113 Å². The van der Waals surface area contributed by atoms with Crippen molar-refractivity contribution in [2.75, 3.05) is 66.0 Å². The standard InChI is InChI=1S/C21H37NO8/c23-20(18-30-19-6-4-2-1-3-5-7-19)22-9-11-27-13-15-29-17-16-28-14-12-26-10-8-21(24)25/h4,6,19H,1-3,5,7-18H2,(H,22,23)(H,24,25)/b6-4-. The van der Waals surface area contributed by atoms with Crippen LogP contribution in [0.1, 0.15) is 38.5 Å². The third kappa shape index (κ3) is 17.3. The molecule has 0 aromatic carbocycles. The van der Waals surface area contributed by atoms with Gasteiger partial charge in [-0.25, -0.2) is 0 Å². The number of carbonyl (C=O) groups excluding carboxylic acids is 1. The van der Waals surface area contributed by atoms with Crippen LogP contribution in [-0.4, -0.2) is 89.1 Å². The van der Waals surface area contributed by atoms with Crippen molar-refractivity contribution < 1.29 is 38.4 Å². The van der Waals surface area contributed by atoms with E-state index in [1.165, 1.54) is 12.8 Å². The zero-order valence-corrected chi connectivity index (χ0v) is 17.9. The Morgan fingerprint density at radius 1 is 0.867 bits per heavy atom. The van der Waals surface area contributed by atoms with Crippen molar-refractivity contribution in [3.8, 4) is 0 Å². The first-order chi connectivity index (χ1) is 14.7. The fourth-order valence-electron chi connectivity index (χ4n) is 2.69. The summed E-state index contributed by atoms with van der Waals surface area (Å²) in [6.45, 7) is 3.67. The molecule has 1 atom stereocenters. The van der Waals surface area contributed by atoms with E-state index in [2.05, 4.69) is 17.5 Å². The number of carbonyl (C=O) groups is 2. The monoisotopic (exact) mass is 431 g/mol. The molecule has 1 rings (SSSR count). The lowest BCUT2D eigenvalue weighted by atomic mass is 10.0. The average molecular weight is 432 g/mol. The van der Waals surface area contributed by atoms with Gasteiger partial charge in [0.1, 0.15) is 6.61 Å². The van der Waals surface area contributed by atoms with Gasteiger partial charge in [-0.1, -0.05) is 25.0 Å². The normalized spacial score (nSPS) is 17.8. The van der Waals surface area contributed by atoms with E-state index in [0.29, 0.717) is 52.8 Å². The average Bonchev–Trinajstić information content (AvgIpc) is 2.69. The first kappa shape index (κ1) is 26.5. The molecule has 1 aliphatic rings. The van der Waals surface area contributed by atoms with Crippen LogP contribution in [0.2, 0.25) is 0 Å². The molecule has 2 N–H and O–H groups in total. The highest BCUT2D eigenvalue weighted by Gasteiger charge is 2.09. The largest absolute Gasteiger partial charge is 0.481 e. The summed E-state index contributed by atoms with van der Waals surface area (Å²) < 4.78 is 26.8. The van der Waals surface area contributed by atoms with Gasteiger partial charge >= 0.3 is 5.97 Å². The van der Waals surface area contributed by atoms with E-state index in [4.69, 9.17) is 28.8 Å². The van der Waals surface area contributed by atoms with Crippen molar-refractivity contribution in [3.63, 3.8) is 0 Å². The summed E-state index contributed by atoms with van der Waals surface area (Å²) in [6, 6.07) is 0. The minimum Gasteiger partial charge on any atom is -0.481 e. The number of rotatable bonds is 18. The minimum atomic E-state index is -0.874. The summed E-state index contributed by atoms with van der Waals surface area (Å²) in [5, 5.41) is 11.2. The second-order valence-electron chi connectivity index (χ2n) is 6.86. The van der Waals surface area contributed by atoms with Crippen LogP contribution in [0.15, 0.2) is 12.2 Å². The molecule has 0 radical (unpaired) electrons. The number of amides is 1. The number of ether oxygens (including phenoxy) is 5. The first-order valence-corrected chi connectivity index (χ1v) is 10.8. The van der Waals surface area contributed by atoms with Crippen molar-refractivity contribution in [1.29, 1.82) is 0 Å². The van der Waals surface area contributed by atoms with Gasteiger partial charge < -0.3 is 34.1 Å². The van der Waals surface area contributed by atoms with Crippen LogP contribution >= 0.6 is 0 Å². The van der Waals surface area contributed by atoms with Crippen LogP contribution in [0.5, 0.6) is 0 Å². The van der Waals surface area contributed by atoms with Gasteiger partial charge in [-0.05, 0) is 19.3 Å². The van der Waals surface area contributed by atoms with Gasteiger partial charge in [-0.15, -0.1) is 0 Å². The van der Waals surface area contributed by atoms with Crippen molar-refractivity contribution in [2.24, 2.45) is 0 Å². The van der Waals surface area contributed by atoms with E-state index >= 15 is 0 Å². The zero-order chi connectivity index (χ0) is 21.7. The number of hydrogen-bond acceptors (Lipinski definition) is 7. The first-order valence-electron chi connectivity index (χ1n) is 10.8. The van der Waals surface area contributed by atoms with Crippen molar-refractivity contribution in [2.45, 2.75) is 44.6 Å². The Morgan fingerprint density at radius 3 is 2.17 bits per heavy atom. The lowest BCUT2D eigenvalue weighted by Gasteiger charge is -2.16. The van der Waals surface area contributed by atoms with Gasteiger partial charge in [-0.2, -0.15) is 0 Å². The fraction of sp³-hybridized carbons (Fsp3) is 0.810. The summed E-state index contributed by atoms with van der Waals surface area (Å²) in [5.41, 5.74) is 0. The molecule has 0 saturated carbocycles. The van der Waals surface area contributed by atoms with Gasteiger partial charge in [0.2, 0.25) is 5.91 Å². The van der Waals surface area contributed by atoms with Gasteiger partial charge in [0.15, 0.2) is 0 Å². The second-order valence-corrected chi connectivity index (χ2v) is 6.86. The SMILES string of the molecule is O=C(O)CCOCCOCCOCCOCCNC(=O)COC1/C=C\CCCCC1. The second kappa shape index (κ2) is 19.4. The van der Waals surface area contributed by atoms with Crippen LogP contribution in [0.25, 0.3) is 0 Å². The van der Waals surface area contributed by atoms with Crippen LogP contribution in [-0.2, 0) is 33.3 Å². The van der Waals surface area contributed by atoms with Crippen LogP contribution < -0.4 is 5.32 Å². The van der Waals surface area contributed by atoms with E-state index in [1.54, 1.807) is 0 Å². The molecule has 9 nitrogen and oxygen atoms in total. The minimum absolute atomic E-state index is 0.00136. The Labute approximate surface area is 179 Å². The molecule has 1 unspecified atom stereocenters. The summed E-state index contributed by atoms with van der Waals surface area (Å²) in [4.78, 5) is 22.1. The maximum absolute atomic E-state index is 11.8. The highest BCUT2D eigenvalue weighted by molar-refractivity contribution is 5.77. The number of hydrogen-bond donors (Lipinski definition) is 2. The van der Waals surface area contributed by atoms with E-state index in [9.17, 15) is 9.59 Å². The van der Waals surface area contributed by atoms with Gasteiger partial charge in [-0.3, -0.25) is 9.59 Å². The molecule has 0 spiro atoms. The van der Waals surface area contributed by atoms with Gasteiger partial charge in [0.25, 0.3) is 0 Å². The molecule has 30 heavy (non-hydrogen) atoms. The predicted octanol–water partition coefficient (Wildman–Crippen LogP) is 1.55. The van der Waals surface area contributed by atoms with Crippen molar-refractivity contribution >= 4 is 11.9 Å². The molecule has 0 aromatic heterocycles. The van der Waals surface area contributed by atoms with Crippen molar-refractivity contribution in [3.05, 3.63) is 12.2 Å². The number of allylic oxidation sites excluding steroid dienone is 1. The number of nitrogens with one attached hydrogen (secondary N) is 1. The van der Waals surface area contributed by atoms with Crippen molar-refractivity contribution in [1.82, 2.24) is 5.32 Å². The molecule has 1 aliphatic carbocycles. The van der Waals surface area contributed by atoms with Gasteiger partial charge in [0.05, 0.1) is 65.4 Å². The maximum atomic E-state index is 11.8. The van der Waals surface area contributed by atoms with E-state index in [0.717, 1.165) is 19.3 Å². The lowest BCUT2D eigenvalue weighted by Crippen LogP contribution is -2.32. The highest BCUT2D eigenvalue weighted by atomic mass is 16.6. The molecule has 0 aliphatic heterocycles. The molecule has 0 fully saturated rings. The third-order valence-electron chi connectivity index (χ3n) is 4.28. The molecular formula is C21H37NO8. The highest BCUT2D eigenvalue weighted by Crippen LogP contribution is 2.13. The predicted molar refractivity (Wildman–Crippen MR) is 111 cm³/mol. The molecule has 174 valence electrons. The lowest BCUT2D eigenvalue weighted by molar-refractivity contribution is -0.138. The maximum Gasteiger partial charge on any atom is 0.305 e. The summed E-state index contributed by atoms with van der Waals surface area (Å²) in [7, 11) is 0. The van der Waals surface area contributed by atoms with E-state index in [-0.39, 0.29) is 31.6 Å². The molecule has 0 heterocycles. The third-order valence-corrected chi connectivity index (χ3v) is 4.28. The van der Waals surface area contributed by atoms with E-state index in [1.807, 2.05) is 0 Å². The fourth-order valence-corrected chi connectivity index (χ4v) is 2.69. The summed E-state index contributed by atoms with van der Waals surface area (Å²) in [5.74, 6) is -1.00. The van der Waals surface area contributed by atoms with Crippen LogP contribution in [0.3, 0.4) is 0 Å². The Hall–Kier alpha value is -1.52. The Bertz CT molecular complexity index is 472. The van der Waals surface area contributed by atoms with Gasteiger partial charge in [0, 0.05) is 6.54 Å². The molecule has 9 heteroatoms. The smallest absolute Gasteiger partial charge is 0.305 e. The van der Waals surface area contributed by atoms with E-state index < -0.39 is 5.97 Å². The van der Waals surface area contributed by atoms with Crippen LogP contribution in [0.4, 0.5) is 0 Å². The molecule has 0 bridgehead atoms. The quantitative estimate of drug-likeness (QED) is 0.248.